The predicted octanol–water partition coefficient (Wildman–Crippen LogP) is 2.31. The van der Waals surface area contributed by atoms with Gasteiger partial charge in [0.1, 0.15) is 11.3 Å². The summed E-state index contributed by atoms with van der Waals surface area (Å²) < 4.78 is 1.61. The highest BCUT2D eigenvalue weighted by atomic mass is 35.5. The molecule has 0 spiro atoms. The largest absolute Gasteiger partial charge is 0.411 e. The zero-order valence-electron chi connectivity index (χ0n) is 8.86. The summed E-state index contributed by atoms with van der Waals surface area (Å²) in [5, 5.41) is 24.7. The van der Waals surface area contributed by atoms with E-state index in [4.69, 9.17) is 16.8 Å². The minimum Gasteiger partial charge on any atom is -0.411 e. The predicted molar refractivity (Wildman–Crippen MR) is 68.5 cm³/mol. The van der Waals surface area contributed by atoms with Gasteiger partial charge in [0.2, 0.25) is 4.96 Å². The first kappa shape index (κ1) is 11.1. The Morgan fingerprint density at radius 1 is 1.44 bits per heavy atom. The Hall–Kier alpha value is -1.99. The molecule has 0 fully saturated rings. The number of aromatic nitrogens is 4. The molecule has 0 atom stereocenters. The van der Waals surface area contributed by atoms with Crippen LogP contribution in [0.3, 0.4) is 0 Å². The fourth-order valence-corrected chi connectivity index (χ4v) is 2.55. The first-order chi connectivity index (χ1) is 8.78. The van der Waals surface area contributed by atoms with Gasteiger partial charge in [0.25, 0.3) is 0 Å². The number of nitrogens with zero attached hydrogens (tertiary/aromatic N) is 5. The second-order valence-electron chi connectivity index (χ2n) is 3.45. The smallest absolute Gasteiger partial charge is 0.234 e. The molecule has 0 unspecified atom stereocenters. The second kappa shape index (κ2) is 4.35. The number of oxime groups is 1. The van der Waals surface area contributed by atoms with E-state index >= 15 is 0 Å². The monoisotopic (exact) mass is 279 g/mol. The number of rotatable bonds is 2. The number of hydrogen-bond acceptors (Lipinski definition) is 6. The van der Waals surface area contributed by atoms with Crippen molar-refractivity contribution in [2.24, 2.45) is 5.16 Å². The van der Waals surface area contributed by atoms with Crippen molar-refractivity contribution in [2.45, 2.75) is 0 Å². The molecule has 0 aliphatic heterocycles. The van der Waals surface area contributed by atoms with Crippen LogP contribution in [0.5, 0.6) is 0 Å². The molecule has 0 saturated carbocycles. The summed E-state index contributed by atoms with van der Waals surface area (Å²) in [5.74, 6) is 0. The van der Waals surface area contributed by atoms with Gasteiger partial charge in [-0.3, -0.25) is 0 Å². The number of halogens is 1. The molecule has 0 bridgehead atoms. The highest BCUT2D eigenvalue weighted by molar-refractivity contribution is 7.19. The molecule has 1 N–H and O–H groups in total. The van der Waals surface area contributed by atoms with E-state index in [-0.39, 0.29) is 0 Å². The molecule has 2 heterocycles. The third-order valence-electron chi connectivity index (χ3n) is 2.33. The van der Waals surface area contributed by atoms with Crippen LogP contribution in [-0.4, -0.2) is 31.2 Å². The Kier molecular flexibility index (Phi) is 2.69. The van der Waals surface area contributed by atoms with Crippen molar-refractivity contribution in [3.63, 3.8) is 0 Å². The summed E-state index contributed by atoms with van der Waals surface area (Å²) in [7, 11) is 0. The lowest BCUT2D eigenvalue weighted by Crippen LogP contribution is -1.86. The van der Waals surface area contributed by atoms with Crippen LogP contribution >= 0.6 is 22.9 Å². The van der Waals surface area contributed by atoms with Crippen molar-refractivity contribution < 1.29 is 5.21 Å². The third kappa shape index (κ3) is 1.83. The quantitative estimate of drug-likeness (QED) is 0.444. The van der Waals surface area contributed by atoms with E-state index in [1.54, 1.807) is 23.0 Å². The van der Waals surface area contributed by atoms with E-state index < -0.39 is 0 Å². The lowest BCUT2D eigenvalue weighted by Gasteiger charge is -1.99. The maximum Gasteiger partial charge on any atom is 0.234 e. The van der Waals surface area contributed by atoms with E-state index in [1.165, 1.54) is 17.6 Å². The van der Waals surface area contributed by atoms with Crippen molar-refractivity contribution >= 4 is 34.1 Å². The van der Waals surface area contributed by atoms with E-state index in [0.29, 0.717) is 10.6 Å². The molecule has 1 aromatic carbocycles. The van der Waals surface area contributed by atoms with E-state index in [1.807, 2.05) is 6.07 Å². The molecule has 18 heavy (non-hydrogen) atoms. The topological polar surface area (TPSA) is 75.7 Å². The first-order valence-corrected chi connectivity index (χ1v) is 6.11. The van der Waals surface area contributed by atoms with Crippen molar-refractivity contribution in [2.75, 3.05) is 0 Å². The maximum absolute atomic E-state index is 8.48. The summed E-state index contributed by atoms with van der Waals surface area (Å²) in [4.78, 5) is 0.724. The van der Waals surface area contributed by atoms with Crippen molar-refractivity contribution in [1.29, 1.82) is 0 Å². The average molecular weight is 280 g/mol. The Morgan fingerprint density at radius 3 is 3.06 bits per heavy atom. The minimum absolute atomic E-state index is 0.497. The summed E-state index contributed by atoms with van der Waals surface area (Å²) in [5.41, 5.74) is 1.52. The summed E-state index contributed by atoms with van der Waals surface area (Å²) >= 11 is 7.49. The highest BCUT2D eigenvalue weighted by Crippen LogP contribution is 2.28. The fraction of sp³-hybridized carbons (Fsp3) is 0. The minimum atomic E-state index is 0.497. The van der Waals surface area contributed by atoms with Crippen molar-refractivity contribution in [3.8, 4) is 10.6 Å². The average Bonchev–Trinajstić information content (AvgIpc) is 2.92. The van der Waals surface area contributed by atoms with E-state index in [9.17, 15) is 0 Å². The van der Waals surface area contributed by atoms with Gasteiger partial charge in [0.15, 0.2) is 0 Å². The van der Waals surface area contributed by atoms with Gasteiger partial charge in [0, 0.05) is 11.1 Å². The van der Waals surface area contributed by atoms with Crippen molar-refractivity contribution in [3.05, 3.63) is 35.1 Å². The Bertz CT molecular complexity index is 706. The molecule has 0 aliphatic rings. The molecule has 3 rings (SSSR count). The molecular formula is C10H6ClN5OS. The molecule has 90 valence electrons. The van der Waals surface area contributed by atoms with Gasteiger partial charge in [-0.05, 0) is 6.07 Å². The van der Waals surface area contributed by atoms with Crippen LogP contribution in [-0.2, 0) is 0 Å². The molecular weight excluding hydrogens is 274 g/mol. The van der Waals surface area contributed by atoms with Crippen LogP contribution in [0.25, 0.3) is 15.5 Å². The molecule has 0 saturated heterocycles. The molecule has 6 nitrogen and oxygen atoms in total. The van der Waals surface area contributed by atoms with Gasteiger partial charge < -0.3 is 5.21 Å². The molecule has 0 aliphatic carbocycles. The van der Waals surface area contributed by atoms with Gasteiger partial charge in [0.05, 0.1) is 11.2 Å². The van der Waals surface area contributed by atoms with E-state index in [0.717, 1.165) is 15.5 Å². The Balaban J connectivity index is 2.06. The van der Waals surface area contributed by atoms with Crippen molar-refractivity contribution in [1.82, 2.24) is 19.8 Å². The lowest BCUT2D eigenvalue weighted by molar-refractivity contribution is 0.322. The SMILES string of the molecule is O/N=C\c1ccc(-c2nn3cnnc3s2)cc1Cl. The second-order valence-corrected chi connectivity index (χ2v) is 4.81. The molecule has 0 amide bonds. The number of fused-ring (bicyclic) bond motifs is 1. The molecule has 3 aromatic rings. The third-order valence-corrected chi connectivity index (χ3v) is 3.62. The van der Waals surface area contributed by atoms with Crippen LogP contribution in [0.15, 0.2) is 29.7 Å². The molecule has 8 heteroatoms. The highest BCUT2D eigenvalue weighted by Gasteiger charge is 2.09. The first-order valence-electron chi connectivity index (χ1n) is 4.92. The van der Waals surface area contributed by atoms with Crippen LogP contribution in [0, 0.1) is 0 Å². The van der Waals surface area contributed by atoms with Crippen LogP contribution in [0.2, 0.25) is 5.02 Å². The maximum atomic E-state index is 8.48. The van der Waals surface area contributed by atoms with Gasteiger partial charge in [-0.2, -0.15) is 9.61 Å². The number of benzene rings is 1. The zero-order valence-corrected chi connectivity index (χ0v) is 10.4. The summed E-state index contributed by atoms with van der Waals surface area (Å²) in [6.45, 7) is 0. The van der Waals surface area contributed by atoms with Gasteiger partial charge in [-0.15, -0.1) is 10.2 Å². The molecule has 2 aromatic heterocycles. The van der Waals surface area contributed by atoms with Crippen LogP contribution in [0.4, 0.5) is 0 Å². The van der Waals surface area contributed by atoms with Crippen LogP contribution < -0.4 is 0 Å². The summed E-state index contributed by atoms with van der Waals surface area (Å²) in [6, 6.07) is 5.39. The van der Waals surface area contributed by atoms with E-state index in [2.05, 4.69) is 20.5 Å². The summed E-state index contributed by atoms with van der Waals surface area (Å²) in [6.07, 6.45) is 2.83. The Morgan fingerprint density at radius 2 is 2.33 bits per heavy atom. The van der Waals surface area contributed by atoms with Gasteiger partial charge in [-0.1, -0.05) is 40.2 Å². The standard InChI is InChI=1S/C10H6ClN5OS/c11-8-3-6(1-2-7(8)4-13-17)9-15-16-5-12-14-10(16)18-9/h1-5,17H/b13-4-. The molecule has 0 radical (unpaired) electrons. The fourth-order valence-electron chi connectivity index (χ4n) is 1.50. The van der Waals surface area contributed by atoms with Crippen LogP contribution in [0.1, 0.15) is 5.56 Å². The van der Waals surface area contributed by atoms with Gasteiger partial charge in [-0.25, -0.2) is 0 Å². The van der Waals surface area contributed by atoms with Gasteiger partial charge >= 0.3 is 0 Å². The number of hydrogen-bond donors (Lipinski definition) is 1. The zero-order chi connectivity index (χ0) is 12.5. The normalized spacial score (nSPS) is 11.6. The Labute approximate surface area is 110 Å². The lowest BCUT2D eigenvalue weighted by atomic mass is 10.1.